The fourth-order valence-corrected chi connectivity index (χ4v) is 2.09. The molecule has 15 heavy (non-hydrogen) atoms. The molecule has 2 aliphatic rings. The lowest BCUT2D eigenvalue weighted by Gasteiger charge is -2.31. The van der Waals surface area contributed by atoms with Gasteiger partial charge in [-0.3, -0.25) is 4.79 Å². The van der Waals surface area contributed by atoms with Crippen molar-refractivity contribution in [3.8, 4) is 0 Å². The highest BCUT2D eigenvalue weighted by atomic mass is 16.6. The number of carbonyl (C=O) groups is 2. The van der Waals surface area contributed by atoms with E-state index in [1.165, 1.54) is 6.92 Å². The van der Waals surface area contributed by atoms with Gasteiger partial charge < -0.3 is 14.6 Å². The first-order valence-corrected chi connectivity index (χ1v) is 4.72. The lowest BCUT2D eigenvalue weighted by atomic mass is 9.81. The first-order valence-electron chi connectivity index (χ1n) is 4.72. The van der Waals surface area contributed by atoms with Gasteiger partial charge >= 0.3 is 11.9 Å². The first kappa shape index (κ1) is 10.2. The summed E-state index contributed by atoms with van der Waals surface area (Å²) < 4.78 is 9.98. The normalized spacial score (nSPS) is 38.8. The Morgan fingerprint density at radius 3 is 2.93 bits per heavy atom. The highest BCUT2D eigenvalue weighted by Crippen LogP contribution is 2.42. The van der Waals surface area contributed by atoms with Crippen molar-refractivity contribution >= 4 is 11.9 Å². The molecule has 0 aromatic carbocycles. The van der Waals surface area contributed by atoms with Gasteiger partial charge in [0.05, 0.1) is 6.10 Å². The maximum atomic E-state index is 11.6. The predicted molar refractivity (Wildman–Crippen MR) is 48.8 cm³/mol. The SMILES string of the molecule is C=C1[C@H](O)C[C@]2(OC(C)=O)C[C@H]1OC2=O. The molecule has 0 aromatic rings. The van der Waals surface area contributed by atoms with Crippen molar-refractivity contribution in [2.45, 2.75) is 37.6 Å². The standard InChI is InChI=1S/C10H12O5/c1-5-7(12)3-10(15-6(2)11)4-8(5)14-9(10)13/h7-8,12H,1,3-4H2,2H3/t7-,8-,10+/m1/s1. The van der Waals surface area contributed by atoms with Crippen molar-refractivity contribution in [3.05, 3.63) is 12.2 Å². The van der Waals surface area contributed by atoms with Gasteiger partial charge in [0.15, 0.2) is 0 Å². The molecular formula is C10H12O5. The van der Waals surface area contributed by atoms with Gasteiger partial charge in [0, 0.05) is 19.8 Å². The highest BCUT2D eigenvalue weighted by Gasteiger charge is 2.58. The Morgan fingerprint density at radius 2 is 2.33 bits per heavy atom. The van der Waals surface area contributed by atoms with Crippen LogP contribution in [-0.2, 0) is 19.1 Å². The van der Waals surface area contributed by atoms with Crippen LogP contribution in [0.15, 0.2) is 12.2 Å². The van der Waals surface area contributed by atoms with Gasteiger partial charge in [0.2, 0.25) is 5.60 Å². The summed E-state index contributed by atoms with van der Waals surface area (Å²) in [6.45, 7) is 4.88. The molecule has 1 N–H and O–H groups in total. The van der Waals surface area contributed by atoms with Crippen molar-refractivity contribution in [1.82, 2.24) is 0 Å². The lowest BCUT2D eigenvalue weighted by Crippen LogP contribution is -2.45. The molecule has 2 rings (SSSR count). The summed E-state index contributed by atoms with van der Waals surface area (Å²) in [7, 11) is 0. The molecule has 0 radical (unpaired) electrons. The summed E-state index contributed by atoms with van der Waals surface area (Å²) in [6.07, 6.45) is -1.07. The summed E-state index contributed by atoms with van der Waals surface area (Å²) in [6, 6.07) is 0. The number of aliphatic hydroxyl groups excluding tert-OH is 1. The molecule has 1 heterocycles. The third-order valence-corrected chi connectivity index (χ3v) is 2.84. The second kappa shape index (κ2) is 3.06. The van der Waals surface area contributed by atoms with Crippen molar-refractivity contribution < 1.29 is 24.2 Å². The van der Waals surface area contributed by atoms with E-state index in [4.69, 9.17) is 9.47 Å². The topological polar surface area (TPSA) is 72.8 Å². The van der Waals surface area contributed by atoms with E-state index in [1.807, 2.05) is 0 Å². The van der Waals surface area contributed by atoms with E-state index >= 15 is 0 Å². The molecule has 5 heteroatoms. The Kier molecular flexibility index (Phi) is 2.08. The molecule has 1 saturated carbocycles. The first-order chi connectivity index (χ1) is 6.94. The Morgan fingerprint density at radius 1 is 1.67 bits per heavy atom. The van der Waals surface area contributed by atoms with Crippen LogP contribution in [0.3, 0.4) is 0 Å². The third kappa shape index (κ3) is 1.43. The van der Waals surface area contributed by atoms with Crippen LogP contribution in [0.5, 0.6) is 0 Å². The van der Waals surface area contributed by atoms with Crippen molar-refractivity contribution in [2.24, 2.45) is 0 Å². The fourth-order valence-electron chi connectivity index (χ4n) is 2.09. The smallest absolute Gasteiger partial charge is 0.351 e. The van der Waals surface area contributed by atoms with Gasteiger partial charge in [-0.05, 0) is 5.57 Å². The minimum atomic E-state index is -1.29. The van der Waals surface area contributed by atoms with Crippen LogP contribution in [0.25, 0.3) is 0 Å². The lowest BCUT2D eigenvalue weighted by molar-refractivity contribution is -0.173. The Labute approximate surface area is 86.7 Å². The summed E-state index contributed by atoms with van der Waals surface area (Å²) in [5.41, 5.74) is -0.819. The van der Waals surface area contributed by atoms with Gasteiger partial charge in [-0.1, -0.05) is 6.58 Å². The average Bonchev–Trinajstić information content (AvgIpc) is 2.37. The second-order valence-electron chi connectivity index (χ2n) is 3.98. The number of carbonyl (C=O) groups excluding carboxylic acids is 2. The monoisotopic (exact) mass is 212 g/mol. The van der Waals surface area contributed by atoms with Crippen molar-refractivity contribution in [2.75, 3.05) is 0 Å². The summed E-state index contributed by atoms with van der Waals surface area (Å²) in [4.78, 5) is 22.4. The van der Waals surface area contributed by atoms with Crippen LogP contribution in [0, 0.1) is 0 Å². The van der Waals surface area contributed by atoms with E-state index in [0.717, 1.165) is 0 Å². The van der Waals surface area contributed by atoms with E-state index in [-0.39, 0.29) is 12.8 Å². The van der Waals surface area contributed by atoms with Crippen LogP contribution in [-0.4, -0.2) is 34.9 Å². The number of esters is 2. The highest BCUT2D eigenvalue weighted by molar-refractivity contribution is 5.86. The van der Waals surface area contributed by atoms with Crippen molar-refractivity contribution in [3.63, 3.8) is 0 Å². The third-order valence-electron chi connectivity index (χ3n) is 2.84. The zero-order chi connectivity index (χ0) is 11.2. The number of fused-ring (bicyclic) bond motifs is 2. The molecule has 1 aliphatic heterocycles. The van der Waals surface area contributed by atoms with Gasteiger partial charge in [-0.15, -0.1) is 0 Å². The van der Waals surface area contributed by atoms with E-state index in [0.29, 0.717) is 5.57 Å². The predicted octanol–water partition coefficient (Wildman–Crippen LogP) is -0.0754. The molecule has 1 saturated heterocycles. The molecule has 0 unspecified atom stereocenters. The van der Waals surface area contributed by atoms with Crippen LogP contribution in [0.4, 0.5) is 0 Å². The molecule has 2 bridgehead atoms. The number of rotatable bonds is 1. The summed E-state index contributed by atoms with van der Waals surface area (Å²) >= 11 is 0. The number of hydrogen-bond acceptors (Lipinski definition) is 5. The molecule has 0 amide bonds. The van der Waals surface area contributed by atoms with Gasteiger partial charge in [-0.2, -0.15) is 0 Å². The maximum Gasteiger partial charge on any atom is 0.351 e. The molecule has 0 aromatic heterocycles. The number of aliphatic hydroxyl groups is 1. The van der Waals surface area contributed by atoms with Crippen molar-refractivity contribution in [1.29, 1.82) is 0 Å². The molecule has 3 atom stereocenters. The molecule has 5 nitrogen and oxygen atoms in total. The zero-order valence-electron chi connectivity index (χ0n) is 8.36. The van der Waals surface area contributed by atoms with E-state index in [1.54, 1.807) is 0 Å². The molecule has 1 aliphatic carbocycles. The zero-order valence-corrected chi connectivity index (χ0v) is 8.36. The Bertz CT molecular complexity index is 348. The van der Waals surface area contributed by atoms with Crippen LogP contribution in [0.1, 0.15) is 19.8 Å². The molecular weight excluding hydrogens is 200 g/mol. The molecule has 82 valence electrons. The van der Waals surface area contributed by atoms with Crippen LogP contribution < -0.4 is 0 Å². The quantitative estimate of drug-likeness (QED) is 0.486. The maximum absolute atomic E-state index is 11.6. The Hall–Kier alpha value is -1.36. The van der Waals surface area contributed by atoms with E-state index in [2.05, 4.69) is 6.58 Å². The van der Waals surface area contributed by atoms with Gasteiger partial charge in [0.1, 0.15) is 6.10 Å². The van der Waals surface area contributed by atoms with E-state index in [9.17, 15) is 14.7 Å². The van der Waals surface area contributed by atoms with E-state index < -0.39 is 29.7 Å². The molecule has 2 fully saturated rings. The number of ether oxygens (including phenoxy) is 2. The fraction of sp³-hybridized carbons (Fsp3) is 0.600. The minimum Gasteiger partial charge on any atom is -0.455 e. The van der Waals surface area contributed by atoms with Gasteiger partial charge in [-0.25, -0.2) is 4.79 Å². The van der Waals surface area contributed by atoms with Crippen LogP contribution in [0.2, 0.25) is 0 Å². The number of hydrogen-bond donors (Lipinski definition) is 1. The van der Waals surface area contributed by atoms with Gasteiger partial charge in [0.25, 0.3) is 0 Å². The largest absolute Gasteiger partial charge is 0.455 e. The summed E-state index contributed by atoms with van der Waals surface area (Å²) in [5, 5.41) is 9.63. The average molecular weight is 212 g/mol. The Balaban J connectivity index is 2.29. The van der Waals surface area contributed by atoms with Crippen LogP contribution >= 0.6 is 0 Å². The summed E-state index contributed by atoms with van der Waals surface area (Å²) in [5.74, 6) is -1.13. The molecule has 0 spiro atoms. The minimum absolute atomic E-state index is 0.0424. The second-order valence-corrected chi connectivity index (χ2v) is 3.98.